The van der Waals surface area contributed by atoms with Gasteiger partial charge >= 0.3 is 0 Å². The van der Waals surface area contributed by atoms with Crippen LogP contribution in [-0.2, 0) is 5.75 Å². The molecule has 0 spiro atoms. The van der Waals surface area contributed by atoms with Gasteiger partial charge in [0.1, 0.15) is 0 Å². The molecule has 0 saturated heterocycles. The van der Waals surface area contributed by atoms with Crippen LogP contribution >= 0.6 is 11.8 Å². The molecule has 4 rings (SSSR count). The van der Waals surface area contributed by atoms with E-state index in [4.69, 9.17) is 4.52 Å². The number of thioether (sulfide) groups is 1. The first-order valence-corrected chi connectivity index (χ1v) is 9.64. The van der Waals surface area contributed by atoms with E-state index in [0.717, 1.165) is 5.56 Å². The molecule has 0 bridgehead atoms. The monoisotopic (exact) mass is 378 g/mol. The fraction of sp³-hybridized carbons (Fsp3) is 0.200. The van der Waals surface area contributed by atoms with Gasteiger partial charge in [0.2, 0.25) is 0 Å². The third-order valence-electron chi connectivity index (χ3n) is 4.11. The van der Waals surface area contributed by atoms with Gasteiger partial charge in [-0.1, -0.05) is 47.3 Å². The van der Waals surface area contributed by atoms with Crippen molar-refractivity contribution in [1.82, 2.24) is 19.7 Å². The number of aromatic nitrogens is 4. The maximum Gasteiger partial charge on any atom is 0.262 e. The second kappa shape index (κ2) is 7.36. The standard InChI is InChI=1S/C20H18N4O2S/c1-13(2)24-19(25)15-10-6-7-11-16(15)21-20(24)27-12-17-22-18(26-23-17)14-8-4-3-5-9-14/h3-11,13H,12H2,1-2H3. The van der Waals surface area contributed by atoms with E-state index in [2.05, 4.69) is 15.1 Å². The lowest BCUT2D eigenvalue weighted by Crippen LogP contribution is -2.25. The van der Waals surface area contributed by atoms with Crippen LogP contribution in [0.2, 0.25) is 0 Å². The summed E-state index contributed by atoms with van der Waals surface area (Å²) in [6, 6.07) is 17.0. The third-order valence-corrected chi connectivity index (χ3v) is 5.06. The van der Waals surface area contributed by atoms with E-state index in [9.17, 15) is 4.79 Å². The Labute approximate surface area is 160 Å². The maximum absolute atomic E-state index is 12.9. The van der Waals surface area contributed by atoms with E-state index in [1.54, 1.807) is 4.57 Å². The minimum absolute atomic E-state index is 0.00209. The summed E-state index contributed by atoms with van der Waals surface area (Å²) in [6.45, 7) is 3.95. The van der Waals surface area contributed by atoms with Gasteiger partial charge in [-0.2, -0.15) is 4.98 Å². The molecule has 136 valence electrons. The lowest BCUT2D eigenvalue weighted by molar-refractivity contribution is 0.425. The first kappa shape index (κ1) is 17.5. The molecule has 4 aromatic rings. The van der Waals surface area contributed by atoms with Gasteiger partial charge in [0, 0.05) is 11.6 Å². The van der Waals surface area contributed by atoms with E-state index in [-0.39, 0.29) is 11.6 Å². The molecule has 0 aliphatic heterocycles. The molecule has 6 nitrogen and oxygen atoms in total. The SMILES string of the molecule is CC(C)n1c(SCc2noc(-c3ccccc3)n2)nc2ccccc2c1=O. The highest BCUT2D eigenvalue weighted by Crippen LogP contribution is 2.24. The Balaban J connectivity index is 1.63. The van der Waals surface area contributed by atoms with Crippen molar-refractivity contribution in [2.45, 2.75) is 30.8 Å². The molecule has 7 heteroatoms. The molecule has 0 aliphatic carbocycles. The van der Waals surface area contributed by atoms with Crippen LogP contribution in [0.3, 0.4) is 0 Å². The Morgan fingerprint density at radius 2 is 1.78 bits per heavy atom. The van der Waals surface area contributed by atoms with Crippen molar-refractivity contribution in [3.63, 3.8) is 0 Å². The number of hydrogen-bond acceptors (Lipinski definition) is 6. The predicted octanol–water partition coefficient (Wildman–Crippen LogP) is 4.32. The minimum Gasteiger partial charge on any atom is -0.334 e. The Kier molecular flexibility index (Phi) is 4.77. The average molecular weight is 378 g/mol. The summed E-state index contributed by atoms with van der Waals surface area (Å²) in [5, 5.41) is 5.32. The largest absolute Gasteiger partial charge is 0.334 e. The molecule has 2 aromatic carbocycles. The summed E-state index contributed by atoms with van der Waals surface area (Å²) in [7, 11) is 0. The van der Waals surface area contributed by atoms with Gasteiger partial charge in [0.15, 0.2) is 11.0 Å². The topological polar surface area (TPSA) is 73.8 Å². The summed E-state index contributed by atoms with van der Waals surface area (Å²) in [4.78, 5) is 22.0. The zero-order valence-electron chi connectivity index (χ0n) is 15.0. The Morgan fingerprint density at radius 3 is 2.56 bits per heavy atom. The van der Waals surface area contributed by atoms with Gasteiger partial charge in [0.25, 0.3) is 11.4 Å². The van der Waals surface area contributed by atoms with Gasteiger partial charge in [-0.25, -0.2) is 4.98 Å². The fourth-order valence-electron chi connectivity index (χ4n) is 2.82. The molecule has 0 N–H and O–H groups in total. The normalized spacial score (nSPS) is 11.4. The highest BCUT2D eigenvalue weighted by atomic mass is 32.2. The number of hydrogen-bond donors (Lipinski definition) is 0. The molecular weight excluding hydrogens is 360 g/mol. The van der Waals surface area contributed by atoms with Crippen LogP contribution in [0.15, 0.2) is 69.1 Å². The van der Waals surface area contributed by atoms with E-state index < -0.39 is 0 Å². The van der Waals surface area contributed by atoms with E-state index >= 15 is 0 Å². The van der Waals surface area contributed by atoms with Crippen molar-refractivity contribution in [3.05, 3.63) is 70.8 Å². The number of fused-ring (bicyclic) bond motifs is 1. The van der Waals surface area contributed by atoms with Crippen molar-refractivity contribution < 1.29 is 4.52 Å². The zero-order valence-corrected chi connectivity index (χ0v) is 15.8. The third kappa shape index (κ3) is 3.50. The zero-order chi connectivity index (χ0) is 18.8. The van der Waals surface area contributed by atoms with Crippen LogP contribution < -0.4 is 5.56 Å². The second-order valence-electron chi connectivity index (χ2n) is 6.35. The van der Waals surface area contributed by atoms with Crippen molar-refractivity contribution in [2.75, 3.05) is 0 Å². The van der Waals surface area contributed by atoms with Crippen molar-refractivity contribution in [2.24, 2.45) is 0 Å². The van der Waals surface area contributed by atoms with Crippen LogP contribution in [0, 0.1) is 0 Å². The first-order chi connectivity index (χ1) is 13.1. The first-order valence-electron chi connectivity index (χ1n) is 8.65. The molecule has 0 aliphatic rings. The second-order valence-corrected chi connectivity index (χ2v) is 7.29. The molecule has 0 amide bonds. The molecule has 2 aromatic heterocycles. The summed E-state index contributed by atoms with van der Waals surface area (Å²) < 4.78 is 7.06. The average Bonchev–Trinajstić information content (AvgIpc) is 3.16. The van der Waals surface area contributed by atoms with E-state index in [0.29, 0.717) is 33.5 Å². The summed E-state index contributed by atoms with van der Waals surface area (Å²) in [6.07, 6.45) is 0. The molecular formula is C20H18N4O2S. The van der Waals surface area contributed by atoms with Gasteiger partial charge in [-0.15, -0.1) is 0 Å². The molecule has 0 atom stereocenters. The maximum atomic E-state index is 12.9. The number of benzene rings is 2. The summed E-state index contributed by atoms with van der Waals surface area (Å²) in [5.74, 6) is 1.52. The molecule has 0 unspecified atom stereocenters. The van der Waals surface area contributed by atoms with Crippen LogP contribution in [0.25, 0.3) is 22.4 Å². The molecule has 0 fully saturated rings. The molecule has 2 heterocycles. The van der Waals surface area contributed by atoms with Gasteiger partial charge in [0.05, 0.1) is 16.7 Å². The highest BCUT2D eigenvalue weighted by molar-refractivity contribution is 7.98. The quantitative estimate of drug-likeness (QED) is 0.380. The summed E-state index contributed by atoms with van der Waals surface area (Å²) in [5.41, 5.74) is 1.54. The Bertz CT molecular complexity index is 1140. The summed E-state index contributed by atoms with van der Waals surface area (Å²) >= 11 is 1.43. The van der Waals surface area contributed by atoms with Crippen LogP contribution in [-0.4, -0.2) is 19.7 Å². The Morgan fingerprint density at radius 1 is 1.04 bits per heavy atom. The fourth-order valence-corrected chi connectivity index (χ4v) is 3.79. The van der Waals surface area contributed by atoms with Crippen LogP contribution in [0.1, 0.15) is 25.7 Å². The number of para-hydroxylation sites is 1. The van der Waals surface area contributed by atoms with E-state index in [1.807, 2.05) is 68.4 Å². The van der Waals surface area contributed by atoms with Gasteiger partial charge in [-0.3, -0.25) is 9.36 Å². The highest BCUT2D eigenvalue weighted by Gasteiger charge is 2.15. The van der Waals surface area contributed by atoms with Crippen molar-refractivity contribution in [1.29, 1.82) is 0 Å². The Hall–Kier alpha value is -2.93. The van der Waals surface area contributed by atoms with Crippen molar-refractivity contribution >= 4 is 22.7 Å². The van der Waals surface area contributed by atoms with E-state index in [1.165, 1.54) is 11.8 Å². The van der Waals surface area contributed by atoms with Gasteiger partial charge in [-0.05, 0) is 38.1 Å². The lowest BCUT2D eigenvalue weighted by atomic mass is 10.2. The van der Waals surface area contributed by atoms with Crippen LogP contribution in [0.4, 0.5) is 0 Å². The minimum atomic E-state index is -0.0313. The van der Waals surface area contributed by atoms with Crippen molar-refractivity contribution in [3.8, 4) is 11.5 Å². The number of rotatable bonds is 5. The van der Waals surface area contributed by atoms with Gasteiger partial charge < -0.3 is 4.52 Å². The lowest BCUT2D eigenvalue weighted by Gasteiger charge is -2.15. The molecule has 0 radical (unpaired) electrons. The smallest absolute Gasteiger partial charge is 0.262 e. The molecule has 0 saturated carbocycles. The number of nitrogens with zero attached hydrogens (tertiary/aromatic N) is 4. The predicted molar refractivity (Wildman–Crippen MR) is 106 cm³/mol. The van der Waals surface area contributed by atoms with Crippen LogP contribution in [0.5, 0.6) is 0 Å². The molecule has 27 heavy (non-hydrogen) atoms.